The van der Waals surface area contributed by atoms with Crippen molar-refractivity contribution in [2.45, 2.75) is 43.7 Å². The molecule has 1 amide bonds. The molecule has 1 fully saturated rings. The van der Waals surface area contributed by atoms with E-state index in [0.29, 0.717) is 0 Å². The van der Waals surface area contributed by atoms with Crippen LogP contribution < -0.4 is 10.0 Å². The first-order valence-electron chi connectivity index (χ1n) is 9.07. The summed E-state index contributed by atoms with van der Waals surface area (Å²) in [5, 5.41) is 2.74. The molecule has 3 rings (SSSR count). The van der Waals surface area contributed by atoms with Crippen molar-refractivity contribution in [1.29, 1.82) is 0 Å². The zero-order chi connectivity index (χ0) is 21.2. The van der Waals surface area contributed by atoms with E-state index in [9.17, 15) is 22.4 Å². The summed E-state index contributed by atoms with van der Waals surface area (Å²) < 4.78 is 46.3. The Hall–Kier alpha value is -2.94. The zero-order valence-electron chi connectivity index (χ0n) is 15.9. The van der Waals surface area contributed by atoms with Gasteiger partial charge in [0.05, 0.1) is 16.1 Å². The molecule has 7 nitrogen and oxygen atoms in total. The molecule has 1 saturated carbocycles. The van der Waals surface area contributed by atoms with E-state index < -0.39 is 33.8 Å². The predicted molar refractivity (Wildman–Crippen MR) is 104 cm³/mol. The molecular formula is C20H21FN2O5S. The molecular weight excluding hydrogens is 399 g/mol. The molecule has 0 saturated heterocycles. The Morgan fingerprint density at radius 2 is 1.86 bits per heavy atom. The van der Waals surface area contributed by atoms with E-state index in [2.05, 4.69) is 10.0 Å². The van der Waals surface area contributed by atoms with Crippen LogP contribution in [0.1, 0.15) is 35.7 Å². The zero-order valence-corrected chi connectivity index (χ0v) is 16.8. The van der Waals surface area contributed by atoms with Crippen molar-refractivity contribution < 1.29 is 27.1 Å². The van der Waals surface area contributed by atoms with Crippen LogP contribution in [0.25, 0.3) is 0 Å². The number of ether oxygens (including phenoxy) is 1. The van der Waals surface area contributed by atoms with Gasteiger partial charge in [-0.15, -0.1) is 0 Å². The van der Waals surface area contributed by atoms with E-state index in [1.807, 2.05) is 0 Å². The average Bonchev–Trinajstić information content (AvgIpc) is 3.47. The highest BCUT2D eigenvalue weighted by molar-refractivity contribution is 7.92. The smallest absolute Gasteiger partial charge is 0.341 e. The normalized spacial score (nSPS) is 14.7. The van der Waals surface area contributed by atoms with Crippen molar-refractivity contribution in [2.75, 3.05) is 4.72 Å². The standard InChI is InChI=1S/C20H21FN2O5S/c1-12-11-15(9-10-17(12)21)29(26,27)23-18-6-4-3-5-16(18)20(25)28-13(2)19(24)22-14-7-8-14/h3-6,9-11,13-14,23H,7-8H2,1-2H3,(H,22,24)/t13-/m0/s1. The molecule has 0 unspecified atom stereocenters. The number of hydrogen-bond donors (Lipinski definition) is 2. The summed E-state index contributed by atoms with van der Waals surface area (Å²) in [6, 6.07) is 9.41. The quantitative estimate of drug-likeness (QED) is 0.671. The first-order chi connectivity index (χ1) is 13.7. The topological polar surface area (TPSA) is 102 Å². The number of anilines is 1. The summed E-state index contributed by atoms with van der Waals surface area (Å²) in [5.74, 6) is -1.76. The fourth-order valence-corrected chi connectivity index (χ4v) is 3.73. The predicted octanol–water partition coefficient (Wildman–Crippen LogP) is 2.76. The number of nitrogens with one attached hydrogen (secondary N) is 2. The van der Waals surface area contributed by atoms with Gasteiger partial charge in [-0.2, -0.15) is 0 Å². The number of halogens is 1. The van der Waals surface area contributed by atoms with Crippen molar-refractivity contribution in [1.82, 2.24) is 5.32 Å². The molecule has 0 heterocycles. The summed E-state index contributed by atoms with van der Waals surface area (Å²) in [5.41, 5.74) is 0.131. The molecule has 0 aromatic heterocycles. The summed E-state index contributed by atoms with van der Waals surface area (Å²) in [4.78, 5) is 24.4. The van der Waals surface area contributed by atoms with Gasteiger partial charge in [0.2, 0.25) is 0 Å². The summed E-state index contributed by atoms with van der Waals surface area (Å²) in [7, 11) is -4.06. The van der Waals surface area contributed by atoms with Gasteiger partial charge in [0.1, 0.15) is 5.82 Å². The van der Waals surface area contributed by atoms with Gasteiger partial charge in [-0.1, -0.05) is 12.1 Å². The second-order valence-corrected chi connectivity index (χ2v) is 8.57. The Labute approximate surface area is 168 Å². The van der Waals surface area contributed by atoms with Crippen LogP contribution in [-0.2, 0) is 19.6 Å². The van der Waals surface area contributed by atoms with Crippen molar-refractivity contribution >= 4 is 27.6 Å². The molecule has 2 aromatic rings. The van der Waals surface area contributed by atoms with Gasteiger partial charge in [-0.25, -0.2) is 17.6 Å². The highest BCUT2D eigenvalue weighted by Gasteiger charge is 2.28. The van der Waals surface area contributed by atoms with Crippen LogP contribution in [-0.4, -0.2) is 32.4 Å². The molecule has 1 aliphatic carbocycles. The lowest BCUT2D eigenvalue weighted by atomic mass is 10.2. The molecule has 154 valence electrons. The number of para-hydroxylation sites is 1. The first-order valence-corrected chi connectivity index (χ1v) is 10.5. The van der Waals surface area contributed by atoms with E-state index in [1.54, 1.807) is 12.1 Å². The van der Waals surface area contributed by atoms with Gasteiger partial charge < -0.3 is 10.1 Å². The number of amides is 1. The van der Waals surface area contributed by atoms with Gasteiger partial charge in [0, 0.05) is 6.04 Å². The minimum absolute atomic E-state index is 0.00530. The van der Waals surface area contributed by atoms with E-state index in [4.69, 9.17) is 4.74 Å². The summed E-state index contributed by atoms with van der Waals surface area (Å²) in [6.45, 7) is 2.90. The Bertz CT molecular complexity index is 1050. The fraction of sp³-hybridized carbons (Fsp3) is 0.300. The average molecular weight is 420 g/mol. The van der Waals surface area contributed by atoms with Crippen molar-refractivity contribution in [3.8, 4) is 0 Å². The van der Waals surface area contributed by atoms with E-state index in [-0.39, 0.29) is 27.8 Å². The van der Waals surface area contributed by atoms with Crippen LogP contribution >= 0.6 is 0 Å². The van der Waals surface area contributed by atoms with Crippen molar-refractivity contribution in [3.05, 3.63) is 59.4 Å². The highest BCUT2D eigenvalue weighted by Crippen LogP contribution is 2.23. The molecule has 2 N–H and O–H groups in total. The number of benzene rings is 2. The Morgan fingerprint density at radius 3 is 2.52 bits per heavy atom. The number of carbonyl (C=O) groups is 2. The third-order valence-corrected chi connectivity index (χ3v) is 5.77. The number of hydrogen-bond acceptors (Lipinski definition) is 5. The van der Waals surface area contributed by atoms with Crippen LogP contribution in [0.4, 0.5) is 10.1 Å². The molecule has 0 spiro atoms. The van der Waals surface area contributed by atoms with Crippen LogP contribution in [0.5, 0.6) is 0 Å². The number of rotatable bonds is 7. The van der Waals surface area contributed by atoms with Gasteiger partial charge in [0.15, 0.2) is 6.10 Å². The van der Waals surface area contributed by atoms with E-state index in [1.165, 1.54) is 32.0 Å². The third-order valence-electron chi connectivity index (χ3n) is 4.41. The van der Waals surface area contributed by atoms with Crippen LogP contribution in [0.15, 0.2) is 47.4 Å². The maximum atomic E-state index is 13.4. The highest BCUT2D eigenvalue weighted by atomic mass is 32.2. The minimum atomic E-state index is -4.06. The van der Waals surface area contributed by atoms with Gasteiger partial charge in [-0.05, 0) is 62.6 Å². The molecule has 9 heteroatoms. The maximum Gasteiger partial charge on any atom is 0.341 e. The lowest BCUT2D eigenvalue weighted by Crippen LogP contribution is -2.37. The molecule has 0 radical (unpaired) electrons. The van der Waals surface area contributed by atoms with Gasteiger partial charge in [0.25, 0.3) is 15.9 Å². The van der Waals surface area contributed by atoms with Crippen LogP contribution in [0.2, 0.25) is 0 Å². The molecule has 29 heavy (non-hydrogen) atoms. The van der Waals surface area contributed by atoms with Crippen LogP contribution in [0, 0.1) is 12.7 Å². The second kappa shape index (κ2) is 8.20. The summed E-state index contributed by atoms with van der Waals surface area (Å²) >= 11 is 0. The number of esters is 1. The first kappa shape index (κ1) is 20.8. The lowest BCUT2D eigenvalue weighted by molar-refractivity contribution is -0.129. The Morgan fingerprint density at radius 1 is 1.17 bits per heavy atom. The number of sulfonamides is 1. The Kier molecular flexibility index (Phi) is 5.88. The molecule has 0 bridgehead atoms. The van der Waals surface area contributed by atoms with E-state index >= 15 is 0 Å². The Balaban J connectivity index is 1.78. The SMILES string of the molecule is Cc1cc(S(=O)(=O)Nc2ccccc2C(=O)O[C@@H](C)C(=O)NC2CC2)ccc1F. The fourth-order valence-electron chi connectivity index (χ4n) is 2.56. The minimum Gasteiger partial charge on any atom is -0.449 e. The van der Waals surface area contributed by atoms with E-state index in [0.717, 1.165) is 25.0 Å². The lowest BCUT2D eigenvalue weighted by Gasteiger charge is -2.16. The largest absolute Gasteiger partial charge is 0.449 e. The monoisotopic (exact) mass is 420 g/mol. The molecule has 1 aliphatic rings. The number of aryl methyl sites for hydroxylation is 1. The summed E-state index contributed by atoms with van der Waals surface area (Å²) in [6.07, 6.45) is 0.784. The second-order valence-electron chi connectivity index (χ2n) is 6.89. The van der Waals surface area contributed by atoms with Crippen LogP contribution in [0.3, 0.4) is 0 Å². The molecule has 0 aliphatic heterocycles. The van der Waals surface area contributed by atoms with Crippen molar-refractivity contribution in [3.63, 3.8) is 0 Å². The van der Waals surface area contributed by atoms with Gasteiger partial charge >= 0.3 is 5.97 Å². The maximum absolute atomic E-state index is 13.4. The third kappa shape index (κ3) is 5.11. The molecule has 2 aromatic carbocycles. The van der Waals surface area contributed by atoms with Crippen molar-refractivity contribution in [2.24, 2.45) is 0 Å². The number of carbonyl (C=O) groups excluding carboxylic acids is 2. The van der Waals surface area contributed by atoms with Gasteiger partial charge in [-0.3, -0.25) is 9.52 Å². The molecule has 1 atom stereocenters.